The molecule has 0 spiro atoms. The van der Waals surface area contributed by atoms with Gasteiger partial charge in [-0.1, -0.05) is 32.4 Å². The molecule has 3 rings (SSSR count). The van der Waals surface area contributed by atoms with Crippen molar-refractivity contribution < 1.29 is 18.8 Å². The SMILES string of the molecule is CCN1C(=O)C2CC=C([C@H]3NC(=O)[C@@H]3C(C)O[Si](C)(C)C(C)(C)C)CC2C1=O. The van der Waals surface area contributed by atoms with Crippen LogP contribution in [0.4, 0.5) is 0 Å². The van der Waals surface area contributed by atoms with Gasteiger partial charge in [0.2, 0.25) is 17.7 Å². The zero-order valence-corrected chi connectivity index (χ0v) is 19.2. The molecule has 2 saturated heterocycles. The molecule has 3 aliphatic rings. The summed E-state index contributed by atoms with van der Waals surface area (Å²) in [5, 5.41) is 3.10. The average molecular weight is 407 g/mol. The number of hydrogen-bond acceptors (Lipinski definition) is 4. The normalized spacial score (nSPS) is 31.9. The Hall–Kier alpha value is -1.47. The van der Waals surface area contributed by atoms with E-state index in [9.17, 15) is 14.4 Å². The largest absolute Gasteiger partial charge is 0.413 e. The van der Waals surface area contributed by atoms with Crippen LogP contribution in [0.5, 0.6) is 0 Å². The molecule has 0 aromatic carbocycles. The smallest absolute Gasteiger partial charge is 0.233 e. The zero-order chi connectivity index (χ0) is 21.0. The van der Waals surface area contributed by atoms with E-state index in [0.717, 1.165) is 5.57 Å². The first-order chi connectivity index (χ1) is 12.9. The molecule has 3 unspecified atom stereocenters. The standard InChI is InChI=1S/C21H34N2O4Si/c1-8-23-19(25)14-10-9-13(11-15(14)20(23)26)17-16(18(24)22-17)12(2)27-28(6,7)21(3,4)5/h9,12,14-17H,8,10-11H2,1-7H3,(H,22,24)/t12?,14?,15?,16-,17-/m1/s1. The highest BCUT2D eigenvalue weighted by atomic mass is 28.4. The van der Waals surface area contributed by atoms with Gasteiger partial charge in [-0.15, -0.1) is 0 Å². The summed E-state index contributed by atoms with van der Waals surface area (Å²) >= 11 is 0. The molecule has 7 heteroatoms. The van der Waals surface area contributed by atoms with Crippen LogP contribution in [-0.4, -0.2) is 49.6 Å². The number of rotatable bonds is 5. The number of nitrogens with zero attached hydrogens (tertiary/aromatic N) is 1. The lowest BCUT2D eigenvalue weighted by Gasteiger charge is -2.46. The lowest BCUT2D eigenvalue weighted by atomic mass is 9.73. The van der Waals surface area contributed by atoms with Crippen molar-refractivity contribution in [3.8, 4) is 0 Å². The fourth-order valence-electron chi connectivity index (χ4n) is 4.45. The number of nitrogens with one attached hydrogen (secondary N) is 1. The van der Waals surface area contributed by atoms with Crippen LogP contribution in [0.3, 0.4) is 0 Å². The summed E-state index contributed by atoms with van der Waals surface area (Å²) in [6.07, 6.45) is 3.03. The topological polar surface area (TPSA) is 75.7 Å². The summed E-state index contributed by atoms with van der Waals surface area (Å²) in [7, 11) is -1.98. The van der Waals surface area contributed by atoms with E-state index >= 15 is 0 Å². The molecule has 0 aromatic rings. The number of carbonyl (C=O) groups is 3. The fraction of sp³-hybridized carbons (Fsp3) is 0.762. The van der Waals surface area contributed by atoms with Gasteiger partial charge in [0.05, 0.1) is 29.9 Å². The van der Waals surface area contributed by atoms with Gasteiger partial charge < -0.3 is 9.74 Å². The molecule has 1 aliphatic carbocycles. The van der Waals surface area contributed by atoms with E-state index in [1.807, 2.05) is 13.8 Å². The summed E-state index contributed by atoms with van der Waals surface area (Å²) in [5.74, 6) is -0.823. The highest BCUT2D eigenvalue weighted by Crippen LogP contribution is 2.43. The van der Waals surface area contributed by atoms with Crippen molar-refractivity contribution in [3.05, 3.63) is 11.6 Å². The lowest BCUT2D eigenvalue weighted by molar-refractivity contribution is -0.140. The average Bonchev–Trinajstić information content (AvgIpc) is 2.81. The van der Waals surface area contributed by atoms with Crippen molar-refractivity contribution in [2.75, 3.05) is 6.54 Å². The molecule has 0 aromatic heterocycles. The number of carbonyl (C=O) groups excluding carboxylic acids is 3. The van der Waals surface area contributed by atoms with Gasteiger partial charge in [0, 0.05) is 6.54 Å². The van der Waals surface area contributed by atoms with E-state index in [0.29, 0.717) is 19.4 Å². The third-order valence-corrected chi connectivity index (χ3v) is 11.8. The number of β-lactam (4-membered cyclic amide) rings is 1. The molecule has 0 bridgehead atoms. The van der Waals surface area contributed by atoms with Crippen molar-refractivity contribution in [2.24, 2.45) is 17.8 Å². The second kappa shape index (κ2) is 7.09. The van der Waals surface area contributed by atoms with Crippen molar-refractivity contribution in [1.82, 2.24) is 10.2 Å². The minimum Gasteiger partial charge on any atom is -0.413 e. The Kier molecular flexibility index (Phi) is 5.38. The van der Waals surface area contributed by atoms with E-state index in [1.54, 1.807) is 0 Å². The van der Waals surface area contributed by atoms with E-state index < -0.39 is 8.32 Å². The van der Waals surface area contributed by atoms with Crippen molar-refractivity contribution in [1.29, 1.82) is 0 Å². The van der Waals surface area contributed by atoms with E-state index in [1.165, 1.54) is 4.90 Å². The summed E-state index contributed by atoms with van der Waals surface area (Å²) in [5.41, 5.74) is 1.08. The van der Waals surface area contributed by atoms with Gasteiger partial charge in [-0.05, 0) is 44.8 Å². The molecule has 6 nitrogen and oxygen atoms in total. The lowest BCUT2D eigenvalue weighted by Crippen LogP contribution is -2.64. The van der Waals surface area contributed by atoms with Gasteiger partial charge in [-0.25, -0.2) is 0 Å². The Bertz CT molecular complexity index is 724. The van der Waals surface area contributed by atoms with Crippen LogP contribution in [0.2, 0.25) is 18.1 Å². The van der Waals surface area contributed by atoms with Gasteiger partial charge >= 0.3 is 0 Å². The quantitative estimate of drug-likeness (QED) is 0.330. The number of hydrogen-bond donors (Lipinski definition) is 1. The summed E-state index contributed by atoms with van der Waals surface area (Å²) in [4.78, 5) is 38.8. The van der Waals surface area contributed by atoms with Crippen molar-refractivity contribution in [2.45, 2.75) is 77.7 Å². The molecule has 0 radical (unpaired) electrons. The van der Waals surface area contributed by atoms with E-state index in [2.05, 4.69) is 45.3 Å². The molecule has 28 heavy (non-hydrogen) atoms. The van der Waals surface area contributed by atoms with Gasteiger partial charge in [-0.2, -0.15) is 0 Å². The summed E-state index contributed by atoms with van der Waals surface area (Å²) < 4.78 is 6.48. The predicted octanol–water partition coefficient (Wildman–Crippen LogP) is 2.85. The first kappa shape index (κ1) is 21.2. The van der Waals surface area contributed by atoms with Crippen LogP contribution in [-0.2, 0) is 18.8 Å². The Morgan fingerprint density at radius 1 is 1.21 bits per heavy atom. The molecule has 3 amide bonds. The molecule has 156 valence electrons. The van der Waals surface area contributed by atoms with Gasteiger partial charge in [0.15, 0.2) is 8.32 Å². The minimum absolute atomic E-state index is 0.0169. The first-order valence-corrected chi connectivity index (χ1v) is 13.3. The second-order valence-corrected chi connectivity index (χ2v) is 14.7. The van der Waals surface area contributed by atoms with Crippen LogP contribution < -0.4 is 5.32 Å². The van der Waals surface area contributed by atoms with Crippen LogP contribution >= 0.6 is 0 Å². The first-order valence-electron chi connectivity index (χ1n) is 10.4. The van der Waals surface area contributed by atoms with Gasteiger partial charge in [0.1, 0.15) is 0 Å². The molecule has 0 saturated carbocycles. The van der Waals surface area contributed by atoms with E-state index in [-0.39, 0.29) is 52.7 Å². The number of allylic oxidation sites excluding steroid dienone is 1. The van der Waals surface area contributed by atoms with Gasteiger partial charge in [-0.3, -0.25) is 19.3 Å². The van der Waals surface area contributed by atoms with Crippen molar-refractivity contribution >= 4 is 26.0 Å². The minimum atomic E-state index is -1.98. The third-order valence-electron chi connectivity index (χ3n) is 7.21. The van der Waals surface area contributed by atoms with Gasteiger partial charge in [0.25, 0.3) is 0 Å². The van der Waals surface area contributed by atoms with E-state index in [4.69, 9.17) is 4.43 Å². The maximum atomic E-state index is 12.6. The zero-order valence-electron chi connectivity index (χ0n) is 18.2. The highest BCUT2D eigenvalue weighted by molar-refractivity contribution is 6.74. The molecular formula is C21H34N2O4Si. The molecule has 2 heterocycles. The molecular weight excluding hydrogens is 372 g/mol. The van der Waals surface area contributed by atoms with Crippen LogP contribution in [0.15, 0.2) is 11.6 Å². The Labute approximate surface area is 169 Å². The Morgan fingerprint density at radius 2 is 1.82 bits per heavy atom. The van der Waals surface area contributed by atoms with Crippen LogP contribution in [0, 0.1) is 17.8 Å². The number of amides is 3. The highest BCUT2D eigenvalue weighted by Gasteiger charge is 2.53. The fourth-order valence-corrected chi connectivity index (χ4v) is 5.88. The number of imide groups is 1. The van der Waals surface area contributed by atoms with Crippen molar-refractivity contribution in [3.63, 3.8) is 0 Å². The second-order valence-electron chi connectivity index (χ2n) is 9.95. The number of likely N-dealkylation sites (tertiary alicyclic amines) is 1. The monoisotopic (exact) mass is 406 g/mol. The molecule has 5 atom stereocenters. The Balaban J connectivity index is 1.73. The predicted molar refractivity (Wildman–Crippen MR) is 110 cm³/mol. The molecule has 2 fully saturated rings. The summed E-state index contributed by atoms with van der Waals surface area (Å²) in [6.45, 7) is 15.2. The molecule has 1 N–H and O–H groups in total. The van der Waals surface area contributed by atoms with Crippen LogP contribution in [0.1, 0.15) is 47.5 Å². The number of fused-ring (bicyclic) bond motifs is 1. The maximum Gasteiger partial charge on any atom is 0.233 e. The summed E-state index contributed by atoms with van der Waals surface area (Å²) in [6, 6.07) is -0.0909. The molecule has 2 aliphatic heterocycles. The van der Waals surface area contributed by atoms with Crippen LogP contribution in [0.25, 0.3) is 0 Å². The third kappa shape index (κ3) is 3.36. The Morgan fingerprint density at radius 3 is 2.36 bits per heavy atom. The maximum absolute atomic E-state index is 12.6.